The van der Waals surface area contributed by atoms with Gasteiger partial charge in [0.2, 0.25) is 0 Å². The van der Waals surface area contributed by atoms with E-state index in [1.807, 2.05) is 18.2 Å². The molecule has 0 radical (unpaired) electrons. The number of amides is 1. The van der Waals surface area contributed by atoms with Gasteiger partial charge < -0.3 is 14.4 Å². The number of carbonyl (C=O) groups is 1. The molecule has 3 aromatic carbocycles. The summed E-state index contributed by atoms with van der Waals surface area (Å²) in [5.74, 6) is 0.686. The molecule has 0 N–H and O–H groups in total. The Balaban J connectivity index is 1.63. The molecule has 0 aliphatic rings. The lowest BCUT2D eigenvalue weighted by Gasteiger charge is -2.18. The third-order valence-electron chi connectivity index (χ3n) is 5.75. The summed E-state index contributed by atoms with van der Waals surface area (Å²) in [4.78, 5) is 15.2. The molecule has 0 atom stereocenters. The summed E-state index contributed by atoms with van der Waals surface area (Å²) in [6.07, 6.45) is 0.605. The molecule has 4 aromatic rings. The van der Waals surface area contributed by atoms with E-state index in [1.165, 1.54) is 16.8 Å². The van der Waals surface area contributed by atoms with E-state index < -0.39 is 0 Å². The number of rotatable bonds is 8. The Morgan fingerprint density at radius 3 is 2.33 bits per heavy atom. The molecule has 6 nitrogen and oxygen atoms in total. The van der Waals surface area contributed by atoms with E-state index in [0.29, 0.717) is 57.1 Å². The van der Waals surface area contributed by atoms with Gasteiger partial charge in [-0.1, -0.05) is 29.3 Å². The summed E-state index contributed by atoms with van der Waals surface area (Å²) < 4.78 is 25.6. The molecule has 9 heteroatoms. The average Bonchev–Trinajstić information content (AvgIpc) is 3.34. The molecule has 0 aliphatic heterocycles. The highest BCUT2D eigenvalue weighted by Gasteiger charge is 2.21. The number of hydrogen-bond acceptors (Lipinski definition) is 4. The first-order valence-corrected chi connectivity index (χ1v) is 11.8. The summed E-state index contributed by atoms with van der Waals surface area (Å²) in [5.41, 5.74) is 3.11. The number of ether oxygens (including phenoxy) is 2. The van der Waals surface area contributed by atoms with Gasteiger partial charge in [0.1, 0.15) is 11.5 Å². The zero-order valence-electron chi connectivity index (χ0n) is 20.0. The third kappa shape index (κ3) is 5.48. The van der Waals surface area contributed by atoms with Crippen LogP contribution in [0.5, 0.6) is 11.5 Å². The highest BCUT2D eigenvalue weighted by molar-refractivity contribution is 6.42. The smallest absolute Gasteiger partial charge is 0.272 e. The largest absolute Gasteiger partial charge is 0.493 e. The predicted molar refractivity (Wildman–Crippen MR) is 139 cm³/mol. The molecule has 0 saturated heterocycles. The highest BCUT2D eigenvalue weighted by Crippen LogP contribution is 2.29. The maximum atomic E-state index is 13.5. The van der Waals surface area contributed by atoms with Gasteiger partial charge in [-0.15, -0.1) is 0 Å². The predicted octanol–water partition coefficient (Wildman–Crippen LogP) is 6.32. The number of halogens is 3. The minimum atomic E-state index is -0.353. The zero-order valence-corrected chi connectivity index (χ0v) is 21.5. The fraction of sp³-hybridized carbons (Fsp3) is 0.185. The normalized spacial score (nSPS) is 10.8. The van der Waals surface area contributed by atoms with Crippen LogP contribution in [0, 0.1) is 5.82 Å². The van der Waals surface area contributed by atoms with Gasteiger partial charge in [0.25, 0.3) is 5.91 Å². The lowest BCUT2D eigenvalue weighted by Crippen LogP contribution is -2.30. The molecule has 186 valence electrons. The Hall–Kier alpha value is -3.55. The second kappa shape index (κ2) is 11.0. The number of benzene rings is 3. The van der Waals surface area contributed by atoms with E-state index in [-0.39, 0.29) is 11.7 Å². The van der Waals surface area contributed by atoms with E-state index in [1.54, 1.807) is 62.6 Å². The van der Waals surface area contributed by atoms with Crippen LogP contribution >= 0.6 is 23.2 Å². The number of carbonyl (C=O) groups excluding carboxylic acids is 1. The van der Waals surface area contributed by atoms with Crippen LogP contribution in [-0.2, 0) is 6.42 Å². The van der Waals surface area contributed by atoms with E-state index in [0.717, 1.165) is 5.56 Å². The topological polar surface area (TPSA) is 56.6 Å². The number of nitrogens with zero attached hydrogens (tertiary/aromatic N) is 3. The molecule has 1 aromatic heterocycles. The van der Waals surface area contributed by atoms with Crippen LogP contribution in [0.25, 0.3) is 16.9 Å². The minimum Gasteiger partial charge on any atom is -0.493 e. The SMILES string of the molecule is COc1ccc(CCN(C)C(=O)c2cc(-c3ccc(F)cc3)nn2-c2ccc(Cl)c(Cl)c2)cc1OC. The Morgan fingerprint density at radius 1 is 0.944 bits per heavy atom. The van der Waals surface area contributed by atoms with Gasteiger partial charge in [0.05, 0.1) is 35.6 Å². The van der Waals surface area contributed by atoms with Crippen LogP contribution in [0.2, 0.25) is 10.0 Å². The van der Waals surface area contributed by atoms with Crippen molar-refractivity contribution in [2.24, 2.45) is 0 Å². The molecular weight excluding hydrogens is 504 g/mol. The lowest BCUT2D eigenvalue weighted by molar-refractivity contribution is 0.0787. The quantitative estimate of drug-likeness (QED) is 0.269. The van der Waals surface area contributed by atoms with Crippen LogP contribution in [0.3, 0.4) is 0 Å². The molecule has 0 unspecified atom stereocenters. The first-order chi connectivity index (χ1) is 17.3. The molecule has 1 amide bonds. The zero-order chi connectivity index (χ0) is 25.8. The van der Waals surface area contributed by atoms with E-state index >= 15 is 0 Å². The molecule has 0 bridgehead atoms. The molecule has 0 saturated carbocycles. The summed E-state index contributed by atoms with van der Waals surface area (Å²) in [7, 11) is 4.90. The monoisotopic (exact) mass is 527 g/mol. The van der Waals surface area contributed by atoms with Crippen molar-refractivity contribution < 1.29 is 18.7 Å². The van der Waals surface area contributed by atoms with Crippen molar-refractivity contribution in [3.63, 3.8) is 0 Å². The van der Waals surface area contributed by atoms with Gasteiger partial charge in [-0.2, -0.15) is 5.10 Å². The molecule has 0 aliphatic carbocycles. The number of likely N-dealkylation sites (N-methyl/N-ethyl adjacent to an activating group) is 1. The maximum Gasteiger partial charge on any atom is 0.272 e. The van der Waals surface area contributed by atoms with Crippen molar-refractivity contribution >= 4 is 29.1 Å². The van der Waals surface area contributed by atoms with Gasteiger partial charge >= 0.3 is 0 Å². The molecule has 0 spiro atoms. The van der Waals surface area contributed by atoms with Gasteiger partial charge in [0, 0.05) is 19.2 Å². The minimum absolute atomic E-state index is 0.234. The van der Waals surface area contributed by atoms with Crippen LogP contribution in [0.4, 0.5) is 4.39 Å². The summed E-state index contributed by atoms with van der Waals surface area (Å²) in [6.45, 7) is 0.451. The fourth-order valence-corrected chi connectivity index (χ4v) is 4.03. The Morgan fingerprint density at radius 2 is 1.67 bits per heavy atom. The molecule has 0 fully saturated rings. The summed E-state index contributed by atoms with van der Waals surface area (Å²) in [6, 6.07) is 18.3. The second-order valence-electron chi connectivity index (χ2n) is 8.10. The van der Waals surface area contributed by atoms with Crippen LogP contribution in [-0.4, -0.2) is 48.4 Å². The van der Waals surface area contributed by atoms with Crippen molar-refractivity contribution in [2.45, 2.75) is 6.42 Å². The van der Waals surface area contributed by atoms with Crippen molar-refractivity contribution in [3.8, 4) is 28.4 Å². The van der Waals surface area contributed by atoms with Crippen molar-refractivity contribution in [1.82, 2.24) is 14.7 Å². The van der Waals surface area contributed by atoms with E-state index in [4.69, 9.17) is 32.7 Å². The van der Waals surface area contributed by atoms with Crippen LogP contribution in [0.15, 0.2) is 66.7 Å². The standard InChI is InChI=1S/C27H24Cl2FN3O3/c1-32(13-12-17-4-11-25(35-2)26(14-17)36-3)27(34)24-16-23(18-5-7-19(30)8-6-18)31-33(24)20-9-10-21(28)22(29)15-20/h4-11,14-16H,12-13H2,1-3H3. The van der Waals surface area contributed by atoms with Crippen molar-refractivity contribution in [1.29, 1.82) is 0 Å². The Labute approximate surface area is 218 Å². The average molecular weight is 528 g/mol. The van der Waals surface area contributed by atoms with Crippen molar-refractivity contribution in [3.05, 3.63) is 93.8 Å². The van der Waals surface area contributed by atoms with Gasteiger partial charge in [-0.25, -0.2) is 9.07 Å². The molecule has 1 heterocycles. The molecule has 4 rings (SSSR count). The molecular formula is C27H24Cl2FN3O3. The highest BCUT2D eigenvalue weighted by atomic mass is 35.5. The van der Waals surface area contributed by atoms with Crippen molar-refractivity contribution in [2.75, 3.05) is 27.8 Å². The third-order valence-corrected chi connectivity index (χ3v) is 6.49. The van der Waals surface area contributed by atoms with Gasteiger partial charge in [0.15, 0.2) is 11.5 Å². The molecule has 36 heavy (non-hydrogen) atoms. The second-order valence-corrected chi connectivity index (χ2v) is 8.91. The lowest BCUT2D eigenvalue weighted by atomic mass is 10.1. The van der Waals surface area contributed by atoms with E-state index in [9.17, 15) is 9.18 Å². The fourth-order valence-electron chi connectivity index (χ4n) is 3.74. The Kier molecular flexibility index (Phi) is 7.82. The van der Waals surface area contributed by atoms with Gasteiger partial charge in [-0.3, -0.25) is 4.79 Å². The maximum absolute atomic E-state index is 13.5. The summed E-state index contributed by atoms with van der Waals surface area (Å²) in [5, 5.41) is 5.36. The van der Waals surface area contributed by atoms with Crippen LogP contribution in [0.1, 0.15) is 16.1 Å². The first-order valence-electron chi connectivity index (χ1n) is 11.1. The van der Waals surface area contributed by atoms with E-state index in [2.05, 4.69) is 5.10 Å². The number of hydrogen-bond donors (Lipinski definition) is 0. The number of aromatic nitrogens is 2. The first kappa shape index (κ1) is 25.5. The van der Waals surface area contributed by atoms with Crippen LogP contribution < -0.4 is 9.47 Å². The van der Waals surface area contributed by atoms with Gasteiger partial charge in [-0.05, 0) is 72.6 Å². The number of methoxy groups -OCH3 is 2. The summed E-state index contributed by atoms with van der Waals surface area (Å²) >= 11 is 12.3. The Bertz CT molecular complexity index is 1390.